The minimum atomic E-state index is -4.48. The second kappa shape index (κ2) is 3.51. The fourth-order valence-electron chi connectivity index (χ4n) is 1.53. The van der Waals surface area contributed by atoms with Gasteiger partial charge in [-0.1, -0.05) is 0 Å². The molecule has 2 aromatic carbocycles. The Balaban J connectivity index is 2.92. The Morgan fingerprint density at radius 1 is 0.824 bits per heavy atom. The lowest BCUT2D eigenvalue weighted by Gasteiger charge is -2.06. The first-order valence-corrected chi connectivity index (χ1v) is 5.89. The van der Waals surface area contributed by atoms with Gasteiger partial charge in [-0.05, 0) is 12.1 Å². The molecule has 2 rings (SSSR count). The van der Waals surface area contributed by atoms with Crippen molar-refractivity contribution in [2.45, 2.75) is 4.90 Å². The van der Waals surface area contributed by atoms with E-state index in [1.54, 1.807) is 0 Å². The fraction of sp³-hybridized carbons (Fsp3) is 0. The first-order chi connectivity index (χ1) is 7.79. The summed E-state index contributed by atoms with van der Waals surface area (Å²) < 4.78 is 30.7. The molecule has 0 unspecified atom stereocenters. The van der Waals surface area contributed by atoms with E-state index in [9.17, 15) is 23.7 Å². The van der Waals surface area contributed by atoms with Crippen molar-refractivity contribution in [3.63, 3.8) is 0 Å². The fourth-order valence-corrected chi connectivity index (χ4v) is 2.06. The molecule has 0 spiro atoms. The average molecular weight is 256 g/mol. The van der Waals surface area contributed by atoms with Gasteiger partial charge >= 0.3 is 0 Å². The number of rotatable bonds is 1. The number of aromatic hydroxyl groups is 3. The van der Waals surface area contributed by atoms with Crippen molar-refractivity contribution in [1.29, 1.82) is 0 Å². The van der Waals surface area contributed by atoms with Crippen LogP contribution in [0.25, 0.3) is 10.8 Å². The monoisotopic (exact) mass is 256 g/mol. The van der Waals surface area contributed by atoms with E-state index in [4.69, 9.17) is 4.55 Å². The Bertz CT molecular complexity index is 704. The van der Waals surface area contributed by atoms with Gasteiger partial charge in [-0.15, -0.1) is 0 Å². The standard InChI is InChI=1S/C10H8O6S/c11-5-1-7-8(9(12)2-5)3-6(4-10(7)13)17(14,15)16/h1-4,11-13H,(H,14,15,16). The minimum absolute atomic E-state index is 0.00965. The maximum atomic E-state index is 10.9. The average Bonchev–Trinajstić information content (AvgIpc) is 2.17. The molecule has 0 atom stereocenters. The molecule has 90 valence electrons. The lowest BCUT2D eigenvalue weighted by atomic mass is 10.1. The zero-order valence-electron chi connectivity index (χ0n) is 8.32. The SMILES string of the molecule is O=S(=O)(O)c1cc(O)c2cc(O)cc(O)c2c1. The molecule has 0 fully saturated rings. The third kappa shape index (κ3) is 1.97. The smallest absolute Gasteiger partial charge is 0.294 e. The highest BCUT2D eigenvalue weighted by molar-refractivity contribution is 7.85. The van der Waals surface area contributed by atoms with Crippen LogP contribution < -0.4 is 0 Å². The van der Waals surface area contributed by atoms with E-state index < -0.39 is 26.5 Å². The summed E-state index contributed by atoms with van der Waals surface area (Å²) in [5, 5.41) is 28.4. The summed E-state index contributed by atoms with van der Waals surface area (Å²) in [7, 11) is -4.48. The molecule has 0 aromatic heterocycles. The maximum Gasteiger partial charge on any atom is 0.294 e. The van der Waals surface area contributed by atoms with E-state index in [1.807, 2.05) is 0 Å². The Kier molecular flexibility index (Phi) is 2.37. The molecule has 4 N–H and O–H groups in total. The molecule has 0 heterocycles. The molecule has 17 heavy (non-hydrogen) atoms. The molecule has 0 radical (unpaired) electrons. The van der Waals surface area contributed by atoms with Crippen LogP contribution in [0.4, 0.5) is 0 Å². The molecule has 0 aliphatic carbocycles. The predicted octanol–water partition coefficient (Wildman–Crippen LogP) is 1.20. The van der Waals surface area contributed by atoms with E-state index in [2.05, 4.69) is 0 Å². The van der Waals surface area contributed by atoms with Crippen molar-refractivity contribution < 1.29 is 28.3 Å². The highest BCUT2D eigenvalue weighted by atomic mass is 32.2. The van der Waals surface area contributed by atoms with Gasteiger partial charge in [0.15, 0.2) is 0 Å². The van der Waals surface area contributed by atoms with E-state index in [0.717, 1.165) is 24.3 Å². The van der Waals surface area contributed by atoms with Crippen molar-refractivity contribution in [2.75, 3.05) is 0 Å². The van der Waals surface area contributed by atoms with Crippen LogP contribution in [0, 0.1) is 0 Å². The summed E-state index contributed by atoms with van der Waals surface area (Å²) in [6, 6.07) is 3.99. The van der Waals surface area contributed by atoms with Crippen LogP contribution in [0.3, 0.4) is 0 Å². The maximum absolute atomic E-state index is 10.9. The molecule has 7 heteroatoms. The van der Waals surface area contributed by atoms with Gasteiger partial charge in [0.2, 0.25) is 0 Å². The van der Waals surface area contributed by atoms with Crippen LogP contribution in [-0.2, 0) is 10.1 Å². The molecule has 2 aromatic rings. The van der Waals surface area contributed by atoms with Gasteiger partial charge in [-0.3, -0.25) is 4.55 Å². The van der Waals surface area contributed by atoms with Crippen LogP contribution in [0.5, 0.6) is 17.2 Å². The van der Waals surface area contributed by atoms with Gasteiger partial charge < -0.3 is 15.3 Å². The predicted molar refractivity (Wildman–Crippen MR) is 58.8 cm³/mol. The molecule has 6 nitrogen and oxygen atoms in total. The van der Waals surface area contributed by atoms with Gasteiger partial charge in [0, 0.05) is 22.9 Å². The van der Waals surface area contributed by atoms with E-state index in [-0.39, 0.29) is 16.5 Å². The van der Waals surface area contributed by atoms with Crippen LogP contribution in [0.1, 0.15) is 0 Å². The summed E-state index contributed by atoms with van der Waals surface area (Å²) in [6.07, 6.45) is 0. The summed E-state index contributed by atoms with van der Waals surface area (Å²) in [6.45, 7) is 0. The Morgan fingerprint density at radius 2 is 1.35 bits per heavy atom. The van der Waals surface area contributed by atoms with E-state index in [1.165, 1.54) is 0 Å². The van der Waals surface area contributed by atoms with Crippen LogP contribution in [0.15, 0.2) is 29.2 Å². The van der Waals surface area contributed by atoms with Gasteiger partial charge in [-0.25, -0.2) is 0 Å². The van der Waals surface area contributed by atoms with Crippen molar-refractivity contribution >= 4 is 20.9 Å². The zero-order chi connectivity index (χ0) is 12.8. The van der Waals surface area contributed by atoms with Gasteiger partial charge in [-0.2, -0.15) is 8.42 Å². The van der Waals surface area contributed by atoms with E-state index in [0.29, 0.717) is 0 Å². The summed E-state index contributed by atoms with van der Waals surface area (Å²) in [4.78, 5) is -0.538. The normalized spacial score (nSPS) is 11.8. The van der Waals surface area contributed by atoms with Crippen LogP contribution in [0.2, 0.25) is 0 Å². The Labute approximate surface area is 96.1 Å². The lowest BCUT2D eigenvalue weighted by molar-refractivity contribution is 0.452. The molecular weight excluding hydrogens is 248 g/mol. The first kappa shape index (κ1) is 11.5. The quantitative estimate of drug-likeness (QED) is 0.570. The van der Waals surface area contributed by atoms with Crippen molar-refractivity contribution in [3.8, 4) is 17.2 Å². The van der Waals surface area contributed by atoms with Crippen molar-refractivity contribution in [3.05, 3.63) is 24.3 Å². The Morgan fingerprint density at radius 3 is 1.94 bits per heavy atom. The number of benzene rings is 2. The number of phenolic OH excluding ortho intramolecular Hbond substituents is 3. The van der Waals surface area contributed by atoms with Crippen LogP contribution in [-0.4, -0.2) is 28.3 Å². The minimum Gasteiger partial charge on any atom is -0.508 e. The second-order valence-electron chi connectivity index (χ2n) is 3.48. The topological polar surface area (TPSA) is 115 Å². The second-order valence-corrected chi connectivity index (χ2v) is 4.90. The summed E-state index contributed by atoms with van der Waals surface area (Å²) in [5.74, 6) is -1.15. The summed E-state index contributed by atoms with van der Waals surface area (Å²) >= 11 is 0. The largest absolute Gasteiger partial charge is 0.508 e. The van der Waals surface area contributed by atoms with Crippen molar-refractivity contribution in [1.82, 2.24) is 0 Å². The third-order valence-electron chi connectivity index (χ3n) is 2.28. The molecule has 0 bridgehead atoms. The molecule has 0 aliphatic heterocycles. The molecular formula is C10H8O6S. The highest BCUT2D eigenvalue weighted by Crippen LogP contribution is 2.36. The zero-order valence-corrected chi connectivity index (χ0v) is 9.14. The van der Waals surface area contributed by atoms with Gasteiger partial charge in [0.1, 0.15) is 17.2 Å². The number of hydrogen-bond acceptors (Lipinski definition) is 5. The molecule has 0 amide bonds. The highest BCUT2D eigenvalue weighted by Gasteiger charge is 2.15. The lowest BCUT2D eigenvalue weighted by Crippen LogP contribution is -1.97. The molecule has 0 saturated heterocycles. The van der Waals surface area contributed by atoms with Crippen LogP contribution >= 0.6 is 0 Å². The molecule has 0 aliphatic rings. The number of fused-ring (bicyclic) bond motifs is 1. The van der Waals surface area contributed by atoms with Gasteiger partial charge in [0.25, 0.3) is 10.1 Å². The molecule has 0 saturated carbocycles. The van der Waals surface area contributed by atoms with Crippen molar-refractivity contribution in [2.24, 2.45) is 0 Å². The third-order valence-corrected chi connectivity index (χ3v) is 3.11. The summed E-state index contributed by atoms with van der Waals surface area (Å²) in [5.41, 5.74) is 0. The van der Waals surface area contributed by atoms with E-state index >= 15 is 0 Å². The number of phenols is 3. The van der Waals surface area contributed by atoms with Gasteiger partial charge in [0.05, 0.1) is 4.90 Å². The number of hydrogen-bond donors (Lipinski definition) is 4. The Hall–Kier alpha value is -1.99. The first-order valence-electron chi connectivity index (χ1n) is 4.45.